The predicted molar refractivity (Wildman–Crippen MR) is 85.1 cm³/mol. The second-order valence-electron chi connectivity index (χ2n) is 6.28. The quantitative estimate of drug-likeness (QED) is 0.817. The molecule has 1 heterocycles. The largest absolute Gasteiger partial charge is 0.488 e. The third kappa shape index (κ3) is 5.14. The van der Waals surface area contributed by atoms with Gasteiger partial charge in [0.15, 0.2) is 5.78 Å². The van der Waals surface area contributed by atoms with Gasteiger partial charge in [0.1, 0.15) is 11.4 Å². The highest BCUT2D eigenvalue weighted by Crippen LogP contribution is 2.22. The smallest absolute Gasteiger partial charge is 0.159 e. The Hall–Kier alpha value is -1.39. The Kier molecular flexibility index (Phi) is 5.37. The normalized spacial score (nSPS) is 16.7. The van der Waals surface area contributed by atoms with Crippen LogP contribution in [0.4, 0.5) is 0 Å². The molecule has 0 radical (unpaired) electrons. The lowest BCUT2D eigenvalue weighted by Crippen LogP contribution is -2.45. The Morgan fingerprint density at radius 3 is 2.43 bits per heavy atom. The van der Waals surface area contributed by atoms with E-state index in [1.54, 1.807) is 6.92 Å². The molecule has 1 aromatic rings. The standard InChI is InChI=1S/C17H26N2O2/c1-14(20)15-4-6-16(7-5-15)21-17(2,3)8-11-19-12-9-18-10-13-19/h4-7,18H,8-13H2,1-3H3. The van der Waals surface area contributed by atoms with Gasteiger partial charge in [-0.3, -0.25) is 4.79 Å². The van der Waals surface area contributed by atoms with Gasteiger partial charge in [0, 0.05) is 38.3 Å². The lowest BCUT2D eigenvalue weighted by atomic mass is 10.0. The molecule has 1 aromatic carbocycles. The van der Waals surface area contributed by atoms with Gasteiger partial charge >= 0.3 is 0 Å². The minimum Gasteiger partial charge on any atom is -0.488 e. The minimum atomic E-state index is -0.206. The second kappa shape index (κ2) is 7.05. The molecule has 2 rings (SSSR count). The third-order valence-corrected chi connectivity index (χ3v) is 3.89. The van der Waals surface area contributed by atoms with Crippen molar-refractivity contribution in [2.45, 2.75) is 32.8 Å². The zero-order valence-electron chi connectivity index (χ0n) is 13.3. The Labute approximate surface area is 127 Å². The van der Waals surface area contributed by atoms with Crippen LogP contribution in [-0.2, 0) is 0 Å². The first-order valence-electron chi connectivity index (χ1n) is 7.69. The minimum absolute atomic E-state index is 0.0829. The number of hydrogen-bond donors (Lipinski definition) is 1. The van der Waals surface area contributed by atoms with E-state index in [1.807, 2.05) is 24.3 Å². The summed E-state index contributed by atoms with van der Waals surface area (Å²) in [6, 6.07) is 7.40. The van der Waals surface area contributed by atoms with Crippen LogP contribution in [0.5, 0.6) is 5.75 Å². The Balaban J connectivity index is 1.85. The highest BCUT2D eigenvalue weighted by molar-refractivity contribution is 5.94. The average Bonchev–Trinajstić information content (AvgIpc) is 2.46. The van der Waals surface area contributed by atoms with Gasteiger partial charge < -0.3 is 15.0 Å². The number of hydrogen-bond acceptors (Lipinski definition) is 4. The molecule has 0 atom stereocenters. The van der Waals surface area contributed by atoms with Crippen molar-refractivity contribution in [2.24, 2.45) is 0 Å². The summed E-state index contributed by atoms with van der Waals surface area (Å²) >= 11 is 0. The van der Waals surface area contributed by atoms with Gasteiger partial charge in [0.2, 0.25) is 0 Å². The molecule has 4 nitrogen and oxygen atoms in total. The van der Waals surface area contributed by atoms with E-state index in [9.17, 15) is 4.79 Å². The number of Topliss-reactive ketones (excluding diaryl/α,β-unsaturated/α-hetero) is 1. The van der Waals surface area contributed by atoms with Gasteiger partial charge in [0.05, 0.1) is 0 Å². The molecule has 0 amide bonds. The molecule has 0 unspecified atom stereocenters. The van der Waals surface area contributed by atoms with E-state index < -0.39 is 0 Å². The summed E-state index contributed by atoms with van der Waals surface area (Å²) in [7, 11) is 0. The number of rotatable bonds is 6. The summed E-state index contributed by atoms with van der Waals surface area (Å²) < 4.78 is 6.07. The molecule has 116 valence electrons. The SMILES string of the molecule is CC(=O)c1ccc(OC(C)(C)CCN2CCNCC2)cc1. The summed E-state index contributed by atoms with van der Waals surface area (Å²) in [5.74, 6) is 0.907. The van der Waals surface area contributed by atoms with Gasteiger partial charge in [-0.05, 0) is 51.5 Å². The van der Waals surface area contributed by atoms with Gasteiger partial charge in [-0.2, -0.15) is 0 Å². The highest BCUT2D eigenvalue weighted by atomic mass is 16.5. The van der Waals surface area contributed by atoms with Crippen molar-refractivity contribution < 1.29 is 9.53 Å². The van der Waals surface area contributed by atoms with Crippen molar-refractivity contribution in [3.8, 4) is 5.75 Å². The van der Waals surface area contributed by atoms with Gasteiger partial charge in [-0.25, -0.2) is 0 Å². The van der Waals surface area contributed by atoms with E-state index in [1.165, 1.54) is 0 Å². The summed E-state index contributed by atoms with van der Waals surface area (Å²) in [6.07, 6.45) is 0.988. The summed E-state index contributed by atoms with van der Waals surface area (Å²) in [4.78, 5) is 13.7. The zero-order valence-corrected chi connectivity index (χ0v) is 13.3. The van der Waals surface area contributed by atoms with Crippen molar-refractivity contribution in [3.63, 3.8) is 0 Å². The molecule has 0 aromatic heterocycles. The van der Waals surface area contributed by atoms with Crippen molar-refractivity contribution in [2.75, 3.05) is 32.7 Å². The van der Waals surface area contributed by atoms with Gasteiger partial charge in [-0.1, -0.05) is 0 Å². The van der Waals surface area contributed by atoms with E-state index in [4.69, 9.17) is 4.74 Å². The fraction of sp³-hybridized carbons (Fsp3) is 0.588. The second-order valence-corrected chi connectivity index (χ2v) is 6.28. The van der Waals surface area contributed by atoms with Crippen LogP contribution >= 0.6 is 0 Å². The molecule has 1 aliphatic rings. The fourth-order valence-corrected chi connectivity index (χ4v) is 2.49. The van der Waals surface area contributed by atoms with E-state index in [2.05, 4.69) is 24.1 Å². The summed E-state index contributed by atoms with van der Waals surface area (Å²) in [5, 5.41) is 3.37. The van der Waals surface area contributed by atoms with Crippen molar-refractivity contribution in [1.82, 2.24) is 10.2 Å². The Morgan fingerprint density at radius 2 is 1.86 bits per heavy atom. The first kappa shape index (κ1) is 16.0. The molecule has 0 aliphatic carbocycles. The monoisotopic (exact) mass is 290 g/mol. The summed E-state index contributed by atoms with van der Waals surface area (Å²) in [5.41, 5.74) is 0.517. The number of nitrogens with zero attached hydrogens (tertiary/aromatic N) is 1. The molecule has 1 aliphatic heterocycles. The van der Waals surface area contributed by atoms with Crippen LogP contribution in [0.15, 0.2) is 24.3 Å². The molecule has 21 heavy (non-hydrogen) atoms. The number of ether oxygens (including phenoxy) is 1. The number of ketones is 1. The number of piperazine rings is 1. The first-order valence-corrected chi connectivity index (χ1v) is 7.69. The Bertz CT molecular complexity index is 462. The van der Waals surface area contributed by atoms with Crippen LogP contribution in [0.2, 0.25) is 0 Å². The summed E-state index contributed by atoms with van der Waals surface area (Å²) in [6.45, 7) is 11.3. The zero-order chi connectivity index (χ0) is 15.3. The molecular formula is C17H26N2O2. The maximum Gasteiger partial charge on any atom is 0.159 e. The topological polar surface area (TPSA) is 41.6 Å². The number of benzene rings is 1. The van der Waals surface area contributed by atoms with Crippen molar-refractivity contribution in [1.29, 1.82) is 0 Å². The molecule has 0 spiro atoms. The van der Waals surface area contributed by atoms with Crippen molar-refractivity contribution >= 4 is 5.78 Å². The van der Waals surface area contributed by atoms with Crippen LogP contribution < -0.4 is 10.1 Å². The van der Waals surface area contributed by atoms with Crippen LogP contribution in [0.1, 0.15) is 37.6 Å². The third-order valence-electron chi connectivity index (χ3n) is 3.89. The van der Waals surface area contributed by atoms with Crippen LogP contribution in [0.25, 0.3) is 0 Å². The number of carbonyl (C=O) groups is 1. The van der Waals surface area contributed by atoms with Crippen LogP contribution in [0, 0.1) is 0 Å². The van der Waals surface area contributed by atoms with Crippen LogP contribution in [0.3, 0.4) is 0 Å². The molecule has 0 saturated carbocycles. The van der Waals surface area contributed by atoms with Gasteiger partial charge in [0.25, 0.3) is 0 Å². The predicted octanol–water partition coefficient (Wildman–Crippen LogP) is 2.34. The highest BCUT2D eigenvalue weighted by Gasteiger charge is 2.22. The lowest BCUT2D eigenvalue weighted by Gasteiger charge is -2.32. The molecule has 1 N–H and O–H groups in total. The maximum absolute atomic E-state index is 11.3. The first-order chi connectivity index (χ1) is 9.96. The van der Waals surface area contributed by atoms with Gasteiger partial charge in [-0.15, -0.1) is 0 Å². The van der Waals surface area contributed by atoms with Crippen molar-refractivity contribution in [3.05, 3.63) is 29.8 Å². The average molecular weight is 290 g/mol. The van der Waals surface area contributed by atoms with E-state index >= 15 is 0 Å². The molecule has 4 heteroatoms. The van der Waals surface area contributed by atoms with Crippen LogP contribution in [-0.4, -0.2) is 49.0 Å². The molecule has 1 saturated heterocycles. The number of carbonyl (C=O) groups excluding carboxylic acids is 1. The maximum atomic E-state index is 11.3. The number of nitrogens with one attached hydrogen (secondary N) is 1. The lowest BCUT2D eigenvalue weighted by molar-refractivity contribution is 0.0809. The Morgan fingerprint density at radius 1 is 1.24 bits per heavy atom. The van der Waals surface area contributed by atoms with E-state index in [0.29, 0.717) is 0 Å². The van der Waals surface area contributed by atoms with E-state index in [0.717, 1.165) is 50.5 Å². The van der Waals surface area contributed by atoms with E-state index in [-0.39, 0.29) is 11.4 Å². The molecule has 0 bridgehead atoms. The molecule has 1 fully saturated rings. The molecular weight excluding hydrogens is 264 g/mol. The fourth-order valence-electron chi connectivity index (χ4n) is 2.49.